The van der Waals surface area contributed by atoms with Gasteiger partial charge in [-0.1, -0.05) is 6.07 Å². The zero-order chi connectivity index (χ0) is 19.3. The van der Waals surface area contributed by atoms with E-state index in [9.17, 15) is 18.0 Å². The van der Waals surface area contributed by atoms with Crippen molar-refractivity contribution in [2.24, 2.45) is 0 Å². The van der Waals surface area contributed by atoms with Crippen LogP contribution in [-0.4, -0.2) is 20.0 Å². The summed E-state index contributed by atoms with van der Waals surface area (Å²) < 4.78 is 48.2. The van der Waals surface area contributed by atoms with Crippen LogP contribution in [0.3, 0.4) is 0 Å². The van der Waals surface area contributed by atoms with Crippen molar-refractivity contribution >= 4 is 17.0 Å². The number of hydrogen-bond acceptors (Lipinski definition) is 4. The summed E-state index contributed by atoms with van der Waals surface area (Å²) in [5.41, 5.74) is 0.636. The van der Waals surface area contributed by atoms with Gasteiger partial charge in [-0.3, -0.25) is 4.79 Å². The van der Waals surface area contributed by atoms with Crippen LogP contribution in [0.1, 0.15) is 18.1 Å². The Kier molecular flexibility index (Phi) is 5.92. The zero-order valence-electron chi connectivity index (χ0n) is 14.5. The van der Waals surface area contributed by atoms with Crippen LogP contribution >= 0.6 is 0 Å². The number of nitrogens with one attached hydrogen (secondary N) is 1. The van der Waals surface area contributed by atoms with Crippen LogP contribution in [0.2, 0.25) is 0 Å². The molecule has 7 heteroatoms. The number of benzene rings is 2. The lowest BCUT2D eigenvalue weighted by Gasteiger charge is -2.11. The molecule has 0 aliphatic heterocycles. The number of ether oxygens (including phenoxy) is 2. The molecule has 2 aromatic carbocycles. The third-order valence-corrected chi connectivity index (χ3v) is 3.67. The van der Waals surface area contributed by atoms with E-state index in [0.717, 1.165) is 12.1 Å². The number of alkyl halides is 3. The average molecular weight is 365 g/mol. The summed E-state index contributed by atoms with van der Waals surface area (Å²) in [5.74, 6) is 0.776. The van der Waals surface area contributed by atoms with Gasteiger partial charge in [0.25, 0.3) is 0 Å². The quantitative estimate of drug-likeness (QED) is 0.750. The van der Waals surface area contributed by atoms with E-state index in [2.05, 4.69) is 5.32 Å². The molecule has 0 aliphatic rings. The van der Waals surface area contributed by atoms with E-state index in [0.29, 0.717) is 28.3 Å². The first-order valence-corrected chi connectivity index (χ1v) is 7.63. The topological polar surface area (TPSA) is 47.6 Å². The monoisotopic (exact) mass is 365 g/mol. The minimum Gasteiger partial charge on any atom is -0.493 e. The van der Waals surface area contributed by atoms with Crippen molar-refractivity contribution < 1.29 is 27.4 Å². The van der Waals surface area contributed by atoms with Crippen LogP contribution in [0.25, 0.3) is 5.57 Å². The zero-order valence-corrected chi connectivity index (χ0v) is 14.5. The second-order valence-corrected chi connectivity index (χ2v) is 5.40. The molecule has 26 heavy (non-hydrogen) atoms. The second kappa shape index (κ2) is 7.95. The number of carbonyl (C=O) groups is 1. The van der Waals surface area contributed by atoms with Crippen molar-refractivity contribution in [1.29, 1.82) is 0 Å². The van der Waals surface area contributed by atoms with Crippen molar-refractivity contribution in [3.63, 3.8) is 0 Å². The lowest BCUT2D eigenvalue weighted by molar-refractivity contribution is -0.137. The molecule has 0 heterocycles. The molecule has 2 rings (SSSR count). The number of Topliss-reactive ketones (excluding diaryl/α,β-unsaturated/α-hetero) is 1. The molecule has 0 amide bonds. The Bertz CT molecular complexity index is 812. The molecule has 0 radical (unpaired) electrons. The van der Waals surface area contributed by atoms with Gasteiger partial charge in [-0.05, 0) is 48.9 Å². The van der Waals surface area contributed by atoms with Crippen LogP contribution in [0.15, 0.2) is 48.7 Å². The summed E-state index contributed by atoms with van der Waals surface area (Å²) >= 11 is 0. The number of anilines is 1. The van der Waals surface area contributed by atoms with Crippen LogP contribution in [0, 0.1) is 0 Å². The van der Waals surface area contributed by atoms with Crippen LogP contribution < -0.4 is 14.8 Å². The molecule has 0 spiro atoms. The Hall–Kier alpha value is -2.96. The van der Waals surface area contributed by atoms with Crippen LogP contribution in [0.4, 0.5) is 18.9 Å². The predicted molar refractivity (Wildman–Crippen MR) is 93.3 cm³/mol. The maximum atomic E-state index is 12.6. The highest BCUT2D eigenvalue weighted by Gasteiger charge is 2.29. The van der Waals surface area contributed by atoms with Gasteiger partial charge in [0, 0.05) is 17.5 Å². The molecular formula is C19H18F3NO3. The van der Waals surface area contributed by atoms with E-state index in [4.69, 9.17) is 9.47 Å². The Morgan fingerprint density at radius 2 is 1.62 bits per heavy atom. The molecule has 138 valence electrons. The Labute approximate surface area is 149 Å². The molecule has 1 N–H and O–H groups in total. The molecule has 2 aromatic rings. The lowest BCUT2D eigenvalue weighted by atomic mass is 10.0. The van der Waals surface area contributed by atoms with Gasteiger partial charge in [0.05, 0.1) is 19.8 Å². The molecule has 0 aliphatic carbocycles. The SMILES string of the molecule is COc1ccc(C(=CNc2ccc(C(F)(F)F)cc2)C(C)=O)cc1OC. The Balaban J connectivity index is 2.29. The number of rotatable bonds is 6. The lowest BCUT2D eigenvalue weighted by Crippen LogP contribution is -2.05. The third kappa shape index (κ3) is 4.56. The molecule has 0 saturated carbocycles. The van der Waals surface area contributed by atoms with Gasteiger partial charge < -0.3 is 14.8 Å². The molecule has 0 bridgehead atoms. The van der Waals surface area contributed by atoms with E-state index in [-0.39, 0.29) is 5.78 Å². The fraction of sp³-hybridized carbons (Fsp3) is 0.211. The first-order chi connectivity index (χ1) is 12.3. The summed E-state index contributed by atoms with van der Waals surface area (Å²) in [6, 6.07) is 9.56. The predicted octanol–water partition coefficient (Wildman–Crippen LogP) is 4.76. The number of allylic oxidation sites excluding steroid dienone is 1. The first kappa shape index (κ1) is 19.4. The molecule has 0 unspecified atom stereocenters. The van der Waals surface area contributed by atoms with Gasteiger partial charge >= 0.3 is 6.18 Å². The van der Waals surface area contributed by atoms with Crippen LogP contribution in [0.5, 0.6) is 11.5 Å². The molecule has 0 saturated heterocycles. The number of carbonyl (C=O) groups excluding carboxylic acids is 1. The van der Waals surface area contributed by atoms with Crippen molar-refractivity contribution in [3.05, 3.63) is 59.8 Å². The maximum absolute atomic E-state index is 12.6. The van der Waals surface area contributed by atoms with Gasteiger partial charge in [-0.25, -0.2) is 0 Å². The number of halogens is 3. The second-order valence-electron chi connectivity index (χ2n) is 5.40. The molecule has 4 nitrogen and oxygen atoms in total. The highest BCUT2D eigenvalue weighted by molar-refractivity contribution is 6.19. The van der Waals surface area contributed by atoms with Gasteiger partial charge in [-0.15, -0.1) is 0 Å². The fourth-order valence-corrected chi connectivity index (χ4v) is 2.30. The number of ketones is 1. The molecule has 0 fully saturated rings. The Morgan fingerprint density at radius 1 is 1.00 bits per heavy atom. The molecule has 0 aromatic heterocycles. The van der Waals surface area contributed by atoms with E-state index in [1.54, 1.807) is 18.2 Å². The largest absolute Gasteiger partial charge is 0.493 e. The fourth-order valence-electron chi connectivity index (χ4n) is 2.30. The van der Waals surface area contributed by atoms with Crippen molar-refractivity contribution in [2.75, 3.05) is 19.5 Å². The minimum absolute atomic E-state index is 0.211. The van der Waals surface area contributed by atoms with Gasteiger partial charge in [0.2, 0.25) is 0 Å². The molecular weight excluding hydrogens is 347 g/mol. The summed E-state index contributed by atoms with van der Waals surface area (Å²) in [7, 11) is 2.99. The van der Waals surface area contributed by atoms with E-state index in [1.165, 1.54) is 39.5 Å². The standard InChI is InChI=1S/C19H18F3NO3/c1-12(24)16(13-4-9-17(25-2)18(10-13)26-3)11-23-15-7-5-14(6-8-15)19(20,21)22/h4-11,23H,1-3H3. The summed E-state index contributed by atoms with van der Waals surface area (Å²) in [6.07, 6.45) is -2.94. The van der Waals surface area contributed by atoms with Crippen molar-refractivity contribution in [1.82, 2.24) is 0 Å². The van der Waals surface area contributed by atoms with Gasteiger partial charge in [0.15, 0.2) is 17.3 Å². The summed E-state index contributed by atoms with van der Waals surface area (Å²) in [4.78, 5) is 12.0. The highest BCUT2D eigenvalue weighted by atomic mass is 19.4. The summed E-state index contributed by atoms with van der Waals surface area (Å²) in [6.45, 7) is 1.40. The third-order valence-electron chi connectivity index (χ3n) is 3.67. The molecule has 0 atom stereocenters. The smallest absolute Gasteiger partial charge is 0.416 e. The van der Waals surface area contributed by atoms with E-state index in [1.807, 2.05) is 0 Å². The first-order valence-electron chi connectivity index (χ1n) is 7.63. The number of hydrogen-bond donors (Lipinski definition) is 1. The van der Waals surface area contributed by atoms with Crippen LogP contribution in [-0.2, 0) is 11.0 Å². The number of methoxy groups -OCH3 is 2. The average Bonchev–Trinajstić information content (AvgIpc) is 2.61. The minimum atomic E-state index is -4.39. The van der Waals surface area contributed by atoms with Crippen molar-refractivity contribution in [3.8, 4) is 11.5 Å². The maximum Gasteiger partial charge on any atom is 0.416 e. The highest BCUT2D eigenvalue weighted by Crippen LogP contribution is 2.31. The normalized spacial score (nSPS) is 11.8. The van der Waals surface area contributed by atoms with Gasteiger partial charge in [0.1, 0.15) is 0 Å². The Morgan fingerprint density at radius 3 is 2.12 bits per heavy atom. The van der Waals surface area contributed by atoms with E-state index >= 15 is 0 Å². The van der Waals surface area contributed by atoms with E-state index < -0.39 is 11.7 Å². The summed E-state index contributed by atoms with van der Waals surface area (Å²) in [5, 5.41) is 2.85. The van der Waals surface area contributed by atoms with Gasteiger partial charge in [-0.2, -0.15) is 13.2 Å². The van der Waals surface area contributed by atoms with Crippen molar-refractivity contribution in [2.45, 2.75) is 13.1 Å².